The number of hydrogen-bond acceptors (Lipinski definition) is 2. The van der Waals surface area contributed by atoms with E-state index in [1.165, 1.54) is 24.3 Å². The van der Waals surface area contributed by atoms with Gasteiger partial charge in [-0.3, -0.25) is 4.79 Å². The second-order valence-electron chi connectivity index (χ2n) is 5.98. The molecule has 0 aliphatic heterocycles. The summed E-state index contributed by atoms with van der Waals surface area (Å²) in [5.74, 6) is -0.846. The number of anilines is 2. The number of nitrogens with one attached hydrogen (secondary N) is 3. The minimum Gasteiger partial charge on any atom is -0.334 e. The highest BCUT2D eigenvalue weighted by atomic mass is 35.5. The van der Waals surface area contributed by atoms with Crippen molar-refractivity contribution in [2.75, 3.05) is 10.6 Å². The van der Waals surface area contributed by atoms with E-state index in [9.17, 15) is 14.0 Å². The summed E-state index contributed by atoms with van der Waals surface area (Å²) < 4.78 is 13.2. The maximum Gasteiger partial charge on any atom is 0.319 e. The molecule has 28 heavy (non-hydrogen) atoms. The molecule has 0 aromatic heterocycles. The van der Waals surface area contributed by atoms with Gasteiger partial charge in [0.05, 0.1) is 0 Å². The largest absolute Gasteiger partial charge is 0.334 e. The van der Waals surface area contributed by atoms with Crippen molar-refractivity contribution in [3.05, 3.63) is 94.8 Å². The Balaban J connectivity index is 1.58. The highest BCUT2D eigenvalue weighted by Crippen LogP contribution is 2.15. The Hall–Kier alpha value is -3.38. The average molecular weight is 398 g/mol. The minimum absolute atomic E-state index is 0.333. The van der Waals surface area contributed by atoms with Crippen molar-refractivity contribution in [2.45, 2.75) is 6.54 Å². The summed E-state index contributed by atoms with van der Waals surface area (Å²) in [5, 5.41) is 8.64. The first-order valence-corrected chi connectivity index (χ1v) is 8.84. The predicted octanol–water partition coefficient (Wildman–Crippen LogP) is 5.05. The monoisotopic (exact) mass is 397 g/mol. The molecule has 3 aromatic rings. The molecule has 0 spiro atoms. The van der Waals surface area contributed by atoms with Crippen LogP contribution >= 0.6 is 11.6 Å². The van der Waals surface area contributed by atoms with E-state index in [2.05, 4.69) is 16.0 Å². The summed E-state index contributed by atoms with van der Waals surface area (Å²) >= 11 is 5.83. The van der Waals surface area contributed by atoms with Gasteiger partial charge >= 0.3 is 6.03 Å². The van der Waals surface area contributed by atoms with Crippen molar-refractivity contribution in [3.8, 4) is 0 Å². The number of carbonyl (C=O) groups is 2. The van der Waals surface area contributed by atoms with E-state index in [0.29, 0.717) is 28.5 Å². The van der Waals surface area contributed by atoms with Crippen molar-refractivity contribution in [1.29, 1.82) is 0 Å². The van der Waals surface area contributed by atoms with Crippen LogP contribution in [0.5, 0.6) is 0 Å². The van der Waals surface area contributed by atoms with Gasteiger partial charge < -0.3 is 16.0 Å². The molecule has 0 fully saturated rings. The molecule has 0 saturated heterocycles. The SMILES string of the molecule is O=C(NCc1ccc(Cl)cc1)Nc1cccc(C(=O)Nc2cccc(F)c2)c1. The fraction of sp³-hybridized carbons (Fsp3) is 0.0476. The Morgan fingerprint density at radius 1 is 0.857 bits per heavy atom. The zero-order valence-corrected chi connectivity index (χ0v) is 15.5. The molecule has 3 amide bonds. The van der Waals surface area contributed by atoms with E-state index >= 15 is 0 Å². The van der Waals surface area contributed by atoms with E-state index in [4.69, 9.17) is 11.6 Å². The van der Waals surface area contributed by atoms with E-state index < -0.39 is 17.8 Å². The summed E-state index contributed by atoms with van der Waals surface area (Å²) in [6.07, 6.45) is 0. The normalized spacial score (nSPS) is 10.2. The molecule has 3 aromatic carbocycles. The number of urea groups is 1. The average Bonchev–Trinajstić information content (AvgIpc) is 2.68. The lowest BCUT2D eigenvalue weighted by molar-refractivity contribution is 0.102. The fourth-order valence-corrected chi connectivity index (χ4v) is 2.59. The van der Waals surface area contributed by atoms with E-state index in [1.807, 2.05) is 12.1 Å². The summed E-state index contributed by atoms with van der Waals surface area (Å²) in [7, 11) is 0. The van der Waals surface area contributed by atoms with Crippen molar-refractivity contribution >= 4 is 34.9 Å². The highest BCUT2D eigenvalue weighted by molar-refractivity contribution is 6.30. The predicted molar refractivity (Wildman–Crippen MR) is 108 cm³/mol. The Morgan fingerprint density at radius 2 is 1.54 bits per heavy atom. The van der Waals surface area contributed by atoms with Crippen molar-refractivity contribution in [3.63, 3.8) is 0 Å². The second-order valence-corrected chi connectivity index (χ2v) is 6.42. The number of hydrogen-bond donors (Lipinski definition) is 3. The van der Waals surface area contributed by atoms with Gasteiger partial charge in [-0.2, -0.15) is 0 Å². The highest BCUT2D eigenvalue weighted by Gasteiger charge is 2.09. The molecule has 5 nitrogen and oxygen atoms in total. The molecule has 0 heterocycles. The van der Waals surface area contributed by atoms with Crippen molar-refractivity contribution in [2.24, 2.45) is 0 Å². The maximum absolute atomic E-state index is 13.2. The van der Waals surface area contributed by atoms with Gasteiger partial charge in [-0.15, -0.1) is 0 Å². The first-order chi connectivity index (χ1) is 13.5. The van der Waals surface area contributed by atoms with Crippen LogP contribution in [-0.2, 0) is 6.54 Å². The Bertz CT molecular complexity index is 993. The van der Waals surface area contributed by atoms with Gasteiger partial charge in [-0.25, -0.2) is 9.18 Å². The summed E-state index contributed by atoms with van der Waals surface area (Å²) in [6, 6.07) is 18.8. The molecule has 0 bridgehead atoms. The van der Waals surface area contributed by atoms with Gasteiger partial charge in [0.1, 0.15) is 5.82 Å². The van der Waals surface area contributed by atoms with Crippen LogP contribution in [0.1, 0.15) is 15.9 Å². The van der Waals surface area contributed by atoms with Gasteiger partial charge in [-0.05, 0) is 54.1 Å². The lowest BCUT2D eigenvalue weighted by Gasteiger charge is -2.10. The summed E-state index contributed by atoms with van der Waals surface area (Å²) in [6.45, 7) is 0.336. The van der Waals surface area contributed by atoms with Crippen LogP contribution in [0.3, 0.4) is 0 Å². The smallest absolute Gasteiger partial charge is 0.319 e. The molecular formula is C21H17ClFN3O2. The molecule has 3 N–H and O–H groups in total. The Labute approximate surface area is 166 Å². The van der Waals surface area contributed by atoms with Crippen molar-refractivity contribution < 1.29 is 14.0 Å². The standard InChI is InChI=1S/C21H17ClFN3O2/c22-16-9-7-14(8-10-16)13-24-21(28)26-18-5-1-3-15(11-18)20(27)25-19-6-2-4-17(23)12-19/h1-12H,13H2,(H,25,27)(H2,24,26,28). The number of rotatable bonds is 5. The minimum atomic E-state index is -0.439. The number of carbonyl (C=O) groups excluding carboxylic acids is 2. The van der Waals surface area contributed by atoms with Crippen LogP contribution < -0.4 is 16.0 Å². The zero-order chi connectivity index (χ0) is 19.9. The third-order valence-corrected chi connectivity index (χ3v) is 4.08. The first kappa shape index (κ1) is 19.4. The molecule has 0 atom stereocenters. The molecule has 0 aliphatic carbocycles. The topological polar surface area (TPSA) is 70.2 Å². The molecular weight excluding hydrogens is 381 g/mol. The molecule has 3 rings (SSSR count). The van der Waals surface area contributed by atoms with E-state index in [-0.39, 0.29) is 0 Å². The summed E-state index contributed by atoms with van der Waals surface area (Å²) in [5.41, 5.74) is 2.05. The van der Waals surface area contributed by atoms with Gasteiger partial charge in [-0.1, -0.05) is 35.9 Å². The zero-order valence-electron chi connectivity index (χ0n) is 14.7. The molecule has 7 heteroatoms. The number of halogens is 2. The van der Waals surface area contributed by atoms with Crippen LogP contribution in [0.4, 0.5) is 20.6 Å². The fourth-order valence-electron chi connectivity index (χ4n) is 2.47. The van der Waals surface area contributed by atoms with Crippen LogP contribution in [-0.4, -0.2) is 11.9 Å². The molecule has 142 valence electrons. The third-order valence-electron chi connectivity index (χ3n) is 3.83. The van der Waals surface area contributed by atoms with Gasteiger partial charge in [0, 0.05) is 28.5 Å². The molecule has 0 saturated carbocycles. The van der Waals surface area contributed by atoms with Crippen LogP contribution in [0.2, 0.25) is 5.02 Å². The third kappa shape index (κ3) is 5.56. The molecule has 0 unspecified atom stereocenters. The molecule has 0 aliphatic rings. The van der Waals surface area contributed by atoms with Gasteiger partial charge in [0.2, 0.25) is 0 Å². The van der Waals surface area contributed by atoms with E-state index in [1.54, 1.807) is 36.4 Å². The number of amides is 3. The first-order valence-electron chi connectivity index (χ1n) is 8.46. The Morgan fingerprint density at radius 3 is 2.25 bits per heavy atom. The van der Waals surface area contributed by atoms with Gasteiger partial charge in [0.25, 0.3) is 5.91 Å². The van der Waals surface area contributed by atoms with Crippen LogP contribution in [0.25, 0.3) is 0 Å². The molecule has 0 radical (unpaired) electrons. The van der Waals surface area contributed by atoms with Gasteiger partial charge in [0.15, 0.2) is 0 Å². The lowest BCUT2D eigenvalue weighted by Crippen LogP contribution is -2.28. The van der Waals surface area contributed by atoms with Crippen LogP contribution in [0, 0.1) is 5.82 Å². The van der Waals surface area contributed by atoms with Crippen molar-refractivity contribution in [1.82, 2.24) is 5.32 Å². The van der Waals surface area contributed by atoms with E-state index in [0.717, 1.165) is 5.56 Å². The summed E-state index contributed by atoms with van der Waals surface area (Å²) in [4.78, 5) is 24.4. The second kappa shape index (κ2) is 9.01. The van der Waals surface area contributed by atoms with Crippen LogP contribution in [0.15, 0.2) is 72.8 Å². The lowest BCUT2D eigenvalue weighted by atomic mass is 10.2. The number of benzene rings is 3. The maximum atomic E-state index is 13.2. The quantitative estimate of drug-likeness (QED) is 0.563. The Kier molecular flexibility index (Phi) is 6.24.